The highest BCUT2D eigenvalue weighted by Crippen LogP contribution is 2.26. The summed E-state index contributed by atoms with van der Waals surface area (Å²) in [5.41, 5.74) is 8.22. The van der Waals surface area contributed by atoms with Crippen LogP contribution < -0.4 is 5.73 Å². The van der Waals surface area contributed by atoms with Gasteiger partial charge in [0.1, 0.15) is 0 Å². The highest BCUT2D eigenvalue weighted by molar-refractivity contribution is 5.21. The van der Waals surface area contributed by atoms with Gasteiger partial charge in [0.05, 0.1) is 6.20 Å². The summed E-state index contributed by atoms with van der Waals surface area (Å²) in [5.74, 6) is 1.05. The van der Waals surface area contributed by atoms with E-state index in [9.17, 15) is 0 Å². The lowest BCUT2D eigenvalue weighted by Crippen LogP contribution is -2.34. The number of hydrogen-bond donors (Lipinski definition) is 2. The summed E-state index contributed by atoms with van der Waals surface area (Å²) in [6.07, 6.45) is 4.33. The molecule has 0 radical (unpaired) electrons. The van der Waals surface area contributed by atoms with Crippen molar-refractivity contribution in [1.29, 1.82) is 0 Å². The standard InChI is InChI=1S/C15H20N4/c16-15-17-9-14(18-15)13-7-4-8-19(11-13)10-12-5-2-1-3-6-12/h1-3,5-6,9,13H,4,7-8,10-11H2,(H3,16,17,18). The summed E-state index contributed by atoms with van der Waals surface area (Å²) in [5, 5.41) is 0. The highest BCUT2D eigenvalue weighted by Gasteiger charge is 2.22. The van der Waals surface area contributed by atoms with Gasteiger partial charge in [-0.05, 0) is 24.9 Å². The Balaban J connectivity index is 1.65. The zero-order valence-electron chi connectivity index (χ0n) is 11.0. The first-order valence-corrected chi connectivity index (χ1v) is 6.88. The van der Waals surface area contributed by atoms with E-state index >= 15 is 0 Å². The number of nitrogen functional groups attached to an aromatic ring is 1. The number of nitrogens with one attached hydrogen (secondary N) is 1. The van der Waals surface area contributed by atoms with Gasteiger partial charge in [0, 0.05) is 24.7 Å². The molecule has 0 bridgehead atoms. The van der Waals surface area contributed by atoms with Gasteiger partial charge in [-0.2, -0.15) is 0 Å². The largest absolute Gasteiger partial charge is 0.369 e. The average molecular weight is 256 g/mol. The van der Waals surface area contributed by atoms with Crippen LogP contribution in [0.4, 0.5) is 5.95 Å². The van der Waals surface area contributed by atoms with Crippen molar-refractivity contribution in [3.8, 4) is 0 Å². The SMILES string of the molecule is Nc1ncc(C2CCCN(Cc3ccccc3)C2)[nH]1. The van der Waals surface area contributed by atoms with Gasteiger partial charge in [0.25, 0.3) is 0 Å². The lowest BCUT2D eigenvalue weighted by Gasteiger charge is -2.32. The summed E-state index contributed by atoms with van der Waals surface area (Å²) >= 11 is 0. The van der Waals surface area contributed by atoms with Crippen LogP contribution in [-0.2, 0) is 6.54 Å². The summed E-state index contributed by atoms with van der Waals surface area (Å²) in [6, 6.07) is 10.7. The Kier molecular flexibility index (Phi) is 3.51. The first kappa shape index (κ1) is 12.2. The third kappa shape index (κ3) is 2.96. The van der Waals surface area contributed by atoms with Crippen LogP contribution >= 0.6 is 0 Å². The molecule has 1 aromatic carbocycles. The molecule has 1 atom stereocenters. The van der Waals surface area contributed by atoms with E-state index in [0.717, 1.165) is 13.1 Å². The summed E-state index contributed by atoms with van der Waals surface area (Å²) < 4.78 is 0. The number of benzene rings is 1. The fourth-order valence-electron chi connectivity index (χ4n) is 2.85. The average Bonchev–Trinajstić information content (AvgIpc) is 2.87. The van der Waals surface area contributed by atoms with Crippen LogP contribution in [0, 0.1) is 0 Å². The van der Waals surface area contributed by atoms with E-state index in [0.29, 0.717) is 11.9 Å². The van der Waals surface area contributed by atoms with Gasteiger partial charge >= 0.3 is 0 Å². The third-order valence-electron chi connectivity index (χ3n) is 3.81. The molecule has 1 aromatic heterocycles. The number of aromatic nitrogens is 2. The van der Waals surface area contributed by atoms with Crippen LogP contribution in [0.25, 0.3) is 0 Å². The number of H-pyrrole nitrogens is 1. The van der Waals surface area contributed by atoms with E-state index in [2.05, 4.69) is 45.2 Å². The molecule has 4 heteroatoms. The summed E-state index contributed by atoms with van der Waals surface area (Å²) in [7, 11) is 0. The smallest absolute Gasteiger partial charge is 0.197 e. The van der Waals surface area contributed by atoms with Crippen molar-refractivity contribution in [3.63, 3.8) is 0 Å². The monoisotopic (exact) mass is 256 g/mol. The number of rotatable bonds is 3. The molecule has 100 valence electrons. The van der Waals surface area contributed by atoms with Crippen molar-refractivity contribution in [2.45, 2.75) is 25.3 Å². The van der Waals surface area contributed by atoms with E-state index in [1.54, 1.807) is 0 Å². The Morgan fingerprint density at radius 3 is 2.89 bits per heavy atom. The number of hydrogen-bond acceptors (Lipinski definition) is 3. The van der Waals surface area contributed by atoms with E-state index in [1.807, 2.05) is 6.20 Å². The van der Waals surface area contributed by atoms with Crippen molar-refractivity contribution >= 4 is 5.95 Å². The molecule has 0 saturated carbocycles. The molecule has 2 aromatic rings. The number of nitrogens with zero attached hydrogens (tertiary/aromatic N) is 2. The van der Waals surface area contributed by atoms with Gasteiger partial charge < -0.3 is 10.7 Å². The number of piperidine rings is 1. The number of anilines is 1. The molecule has 2 heterocycles. The van der Waals surface area contributed by atoms with Crippen molar-refractivity contribution in [1.82, 2.24) is 14.9 Å². The lowest BCUT2D eigenvalue weighted by atomic mass is 9.95. The van der Waals surface area contributed by atoms with Gasteiger partial charge in [0.15, 0.2) is 5.95 Å². The molecule has 3 rings (SSSR count). The lowest BCUT2D eigenvalue weighted by molar-refractivity contribution is 0.198. The summed E-state index contributed by atoms with van der Waals surface area (Å²) in [6.45, 7) is 3.28. The maximum Gasteiger partial charge on any atom is 0.197 e. The zero-order chi connectivity index (χ0) is 13.1. The number of nitrogens with two attached hydrogens (primary N) is 1. The Morgan fingerprint density at radius 2 is 2.16 bits per heavy atom. The fraction of sp³-hybridized carbons (Fsp3) is 0.400. The predicted molar refractivity (Wildman–Crippen MR) is 76.7 cm³/mol. The molecule has 19 heavy (non-hydrogen) atoms. The van der Waals surface area contributed by atoms with Crippen molar-refractivity contribution < 1.29 is 0 Å². The molecule has 0 spiro atoms. The Labute approximate surface area is 113 Å². The molecule has 1 aliphatic heterocycles. The third-order valence-corrected chi connectivity index (χ3v) is 3.81. The maximum absolute atomic E-state index is 5.66. The zero-order valence-corrected chi connectivity index (χ0v) is 11.0. The van der Waals surface area contributed by atoms with Crippen LogP contribution in [0.1, 0.15) is 30.0 Å². The van der Waals surface area contributed by atoms with Crippen LogP contribution in [0.15, 0.2) is 36.5 Å². The fourth-order valence-corrected chi connectivity index (χ4v) is 2.85. The summed E-state index contributed by atoms with van der Waals surface area (Å²) in [4.78, 5) is 9.79. The van der Waals surface area contributed by atoms with Gasteiger partial charge in [-0.15, -0.1) is 0 Å². The molecular weight excluding hydrogens is 236 g/mol. The number of aromatic amines is 1. The van der Waals surface area contributed by atoms with E-state index in [1.165, 1.54) is 30.6 Å². The number of likely N-dealkylation sites (tertiary alicyclic amines) is 1. The van der Waals surface area contributed by atoms with E-state index < -0.39 is 0 Å². The van der Waals surface area contributed by atoms with Crippen LogP contribution in [0.5, 0.6) is 0 Å². The van der Waals surface area contributed by atoms with Gasteiger partial charge in [0.2, 0.25) is 0 Å². The predicted octanol–water partition coefficient (Wildman–Crippen LogP) is 2.37. The van der Waals surface area contributed by atoms with Crippen LogP contribution in [-0.4, -0.2) is 28.0 Å². The van der Waals surface area contributed by atoms with E-state index in [4.69, 9.17) is 5.73 Å². The first-order chi connectivity index (χ1) is 9.31. The second-order valence-electron chi connectivity index (χ2n) is 5.28. The minimum absolute atomic E-state index is 0.523. The minimum atomic E-state index is 0.523. The molecule has 1 saturated heterocycles. The Morgan fingerprint density at radius 1 is 1.32 bits per heavy atom. The molecule has 1 fully saturated rings. The van der Waals surface area contributed by atoms with E-state index in [-0.39, 0.29) is 0 Å². The molecule has 0 aliphatic carbocycles. The minimum Gasteiger partial charge on any atom is -0.369 e. The normalized spacial score (nSPS) is 20.5. The molecule has 1 unspecified atom stereocenters. The second kappa shape index (κ2) is 5.45. The molecule has 3 N–H and O–H groups in total. The quantitative estimate of drug-likeness (QED) is 0.886. The molecule has 0 amide bonds. The maximum atomic E-state index is 5.66. The Bertz CT molecular complexity index is 520. The topological polar surface area (TPSA) is 57.9 Å². The van der Waals surface area contributed by atoms with Crippen LogP contribution in [0.3, 0.4) is 0 Å². The molecule has 4 nitrogen and oxygen atoms in total. The van der Waals surface area contributed by atoms with Gasteiger partial charge in [-0.25, -0.2) is 4.98 Å². The molecular formula is C15H20N4. The second-order valence-corrected chi connectivity index (χ2v) is 5.28. The van der Waals surface area contributed by atoms with Crippen molar-refractivity contribution in [3.05, 3.63) is 47.8 Å². The number of imidazole rings is 1. The van der Waals surface area contributed by atoms with Crippen molar-refractivity contribution in [2.75, 3.05) is 18.8 Å². The van der Waals surface area contributed by atoms with Crippen LogP contribution in [0.2, 0.25) is 0 Å². The van der Waals surface area contributed by atoms with Crippen molar-refractivity contribution in [2.24, 2.45) is 0 Å². The van der Waals surface area contributed by atoms with Gasteiger partial charge in [-0.3, -0.25) is 4.90 Å². The van der Waals surface area contributed by atoms with Gasteiger partial charge in [-0.1, -0.05) is 30.3 Å². The first-order valence-electron chi connectivity index (χ1n) is 6.88. The highest BCUT2D eigenvalue weighted by atomic mass is 15.1. The molecule has 1 aliphatic rings. The Hall–Kier alpha value is -1.81.